The van der Waals surface area contributed by atoms with E-state index in [2.05, 4.69) is 14.8 Å². The second-order valence-electron chi connectivity index (χ2n) is 8.55. The largest absolute Gasteiger partial charge is 0.536 e. The van der Waals surface area contributed by atoms with Crippen molar-refractivity contribution in [3.8, 4) is 0 Å². The molecule has 34 heavy (non-hydrogen) atoms. The van der Waals surface area contributed by atoms with E-state index < -0.39 is 36.5 Å². The molecule has 1 unspecified atom stereocenters. The number of allylic oxidation sites excluding steroid dienone is 1. The molecular weight excluding hydrogens is 455 g/mol. The zero-order valence-corrected chi connectivity index (χ0v) is 19.9. The average Bonchev–Trinajstić information content (AvgIpc) is 3.10. The molecule has 1 aromatic heterocycles. The molecule has 0 bridgehead atoms. The van der Waals surface area contributed by atoms with Gasteiger partial charge in [0.25, 0.3) is 0 Å². The number of aliphatic hydroxyl groups is 2. The fourth-order valence-electron chi connectivity index (χ4n) is 3.53. The third-order valence-electron chi connectivity index (χ3n) is 5.03. The van der Waals surface area contributed by atoms with Crippen LogP contribution in [0.3, 0.4) is 0 Å². The minimum atomic E-state index is -3.90. The zero-order chi connectivity index (χ0) is 25.5. The quantitative estimate of drug-likeness (QED) is 0.183. The van der Waals surface area contributed by atoms with Crippen molar-refractivity contribution in [3.63, 3.8) is 0 Å². The topological polar surface area (TPSA) is 111 Å². The monoisotopic (exact) mass is 489 g/mol. The first-order valence-corrected chi connectivity index (χ1v) is 10.9. The van der Waals surface area contributed by atoms with E-state index in [1.54, 1.807) is 4.57 Å². The Morgan fingerprint density at radius 2 is 1.97 bits per heavy atom. The molecule has 8 nitrogen and oxygen atoms in total. The Kier molecular flexibility index (Phi) is 9.77. The summed E-state index contributed by atoms with van der Waals surface area (Å²) < 4.78 is 58.4. The molecule has 0 aliphatic heterocycles. The van der Waals surface area contributed by atoms with Crippen LogP contribution in [0.5, 0.6) is 0 Å². The van der Waals surface area contributed by atoms with Gasteiger partial charge in [-0.15, -0.1) is 8.78 Å². The van der Waals surface area contributed by atoms with Crippen LogP contribution < -0.4 is 11.1 Å². The number of fused-ring (bicyclic) bond motifs is 1. The van der Waals surface area contributed by atoms with Gasteiger partial charge in [-0.3, -0.25) is 4.74 Å². The van der Waals surface area contributed by atoms with Crippen molar-refractivity contribution in [3.05, 3.63) is 42.0 Å². The third-order valence-corrected chi connectivity index (χ3v) is 5.03. The van der Waals surface area contributed by atoms with E-state index in [1.165, 1.54) is 32.1 Å². The van der Waals surface area contributed by atoms with Crippen molar-refractivity contribution >= 4 is 16.6 Å². The molecule has 0 saturated heterocycles. The molecule has 0 saturated carbocycles. The van der Waals surface area contributed by atoms with Crippen molar-refractivity contribution < 1.29 is 37.6 Å². The van der Waals surface area contributed by atoms with E-state index in [0.717, 1.165) is 12.0 Å². The lowest BCUT2D eigenvalue weighted by molar-refractivity contribution is -0.382. The maximum Gasteiger partial charge on any atom is 0.536 e. The third kappa shape index (κ3) is 7.34. The van der Waals surface area contributed by atoms with Gasteiger partial charge >= 0.3 is 6.29 Å². The van der Waals surface area contributed by atoms with Crippen molar-refractivity contribution in [1.82, 2.24) is 4.57 Å². The number of benzene rings is 1. The molecule has 0 spiro atoms. The number of aliphatic hydroxyl groups excluding tert-OH is 2. The Morgan fingerprint density at radius 3 is 2.59 bits per heavy atom. The Bertz CT molecular complexity index is 965. The maximum atomic E-state index is 15.0. The fourth-order valence-corrected chi connectivity index (χ4v) is 3.53. The van der Waals surface area contributed by atoms with Gasteiger partial charge < -0.3 is 35.3 Å². The standard InChI is InChI=1S/C23H34F3N3O5/c1-5-7-33-23(25,26)34-15(2)28-19-9-16-10-21(22(3,4)14-32-8-6-27)29(12-17(31)13-30)20(16)11-18(19)24/h5,7,9-11,15,17,28,30-31H,6,8,12-14,27H2,1-4H3/b7-5+/t15?,17-/m1/s1. The average molecular weight is 490 g/mol. The van der Waals surface area contributed by atoms with Gasteiger partial charge in [0.15, 0.2) is 0 Å². The molecule has 2 aromatic rings. The minimum absolute atomic E-state index is 0.0237. The highest BCUT2D eigenvalue weighted by molar-refractivity contribution is 5.85. The number of hydrogen-bond donors (Lipinski definition) is 4. The Labute approximate surface area is 197 Å². The highest BCUT2D eigenvalue weighted by atomic mass is 19.3. The number of ether oxygens (including phenoxy) is 3. The summed E-state index contributed by atoms with van der Waals surface area (Å²) in [6.07, 6.45) is -4.18. The van der Waals surface area contributed by atoms with E-state index in [9.17, 15) is 23.4 Å². The summed E-state index contributed by atoms with van der Waals surface area (Å²) >= 11 is 0. The van der Waals surface area contributed by atoms with Gasteiger partial charge in [0.2, 0.25) is 0 Å². The number of alkyl halides is 2. The predicted octanol–water partition coefficient (Wildman–Crippen LogP) is 3.26. The lowest BCUT2D eigenvalue weighted by Crippen LogP contribution is -2.32. The zero-order valence-electron chi connectivity index (χ0n) is 19.9. The smallest absolute Gasteiger partial charge is 0.418 e. The number of anilines is 1. The second kappa shape index (κ2) is 11.9. The van der Waals surface area contributed by atoms with Gasteiger partial charge in [0.05, 0.1) is 49.9 Å². The summed E-state index contributed by atoms with van der Waals surface area (Å²) in [6, 6.07) is 4.52. The summed E-state index contributed by atoms with van der Waals surface area (Å²) in [7, 11) is 0. The van der Waals surface area contributed by atoms with Crippen LogP contribution >= 0.6 is 0 Å². The van der Waals surface area contributed by atoms with Crippen molar-refractivity contribution in [2.75, 3.05) is 31.7 Å². The van der Waals surface area contributed by atoms with E-state index in [4.69, 9.17) is 10.5 Å². The molecule has 5 N–H and O–H groups in total. The van der Waals surface area contributed by atoms with Gasteiger partial charge in [-0.2, -0.15) is 0 Å². The van der Waals surface area contributed by atoms with Crippen LogP contribution in [-0.4, -0.2) is 59.8 Å². The molecule has 0 aliphatic carbocycles. The Morgan fingerprint density at radius 1 is 1.26 bits per heavy atom. The molecule has 11 heteroatoms. The summed E-state index contributed by atoms with van der Waals surface area (Å²) in [6.45, 7) is 7.26. The first kappa shape index (κ1) is 27.9. The molecule has 1 heterocycles. The Balaban J connectivity index is 2.40. The van der Waals surface area contributed by atoms with Gasteiger partial charge in [-0.25, -0.2) is 4.39 Å². The van der Waals surface area contributed by atoms with Crippen LogP contribution in [0.1, 0.15) is 33.4 Å². The molecule has 192 valence electrons. The van der Waals surface area contributed by atoms with E-state index in [0.29, 0.717) is 30.7 Å². The molecule has 1 aromatic carbocycles. The number of nitrogens with one attached hydrogen (secondary N) is 1. The van der Waals surface area contributed by atoms with Gasteiger partial charge in [-0.1, -0.05) is 19.9 Å². The second-order valence-corrected chi connectivity index (χ2v) is 8.55. The van der Waals surface area contributed by atoms with Crippen LogP contribution in [0, 0.1) is 5.82 Å². The van der Waals surface area contributed by atoms with E-state index >= 15 is 0 Å². The van der Waals surface area contributed by atoms with Gasteiger partial charge in [-0.05, 0) is 26.0 Å². The SMILES string of the molecule is C/C=C/OC(F)(F)OC(C)Nc1cc2cc(C(C)(C)COCCN)n(C[C@@H](O)CO)c2cc1F. The van der Waals surface area contributed by atoms with E-state index in [-0.39, 0.29) is 12.2 Å². The van der Waals surface area contributed by atoms with Crippen molar-refractivity contribution in [2.45, 2.75) is 58.3 Å². The van der Waals surface area contributed by atoms with Crippen LogP contribution in [0.25, 0.3) is 10.9 Å². The van der Waals surface area contributed by atoms with E-state index in [1.807, 2.05) is 19.9 Å². The van der Waals surface area contributed by atoms with Gasteiger partial charge in [0, 0.05) is 29.1 Å². The molecule has 0 fully saturated rings. The number of aromatic nitrogens is 1. The normalized spacial score (nSPS) is 14.6. The number of hydrogen-bond acceptors (Lipinski definition) is 7. The lowest BCUT2D eigenvalue weighted by Gasteiger charge is -2.27. The maximum absolute atomic E-state index is 15.0. The number of halogens is 3. The highest BCUT2D eigenvalue weighted by Gasteiger charge is 2.35. The summed E-state index contributed by atoms with van der Waals surface area (Å²) in [5.41, 5.74) is 6.10. The minimum Gasteiger partial charge on any atom is -0.418 e. The number of rotatable bonds is 14. The van der Waals surface area contributed by atoms with Crippen molar-refractivity contribution in [2.24, 2.45) is 5.73 Å². The van der Waals surface area contributed by atoms with Crippen LogP contribution in [-0.2, 0) is 26.2 Å². The molecular formula is C23H34F3N3O5. The Hall–Kier alpha value is -2.31. The van der Waals surface area contributed by atoms with Crippen LogP contribution in [0.4, 0.5) is 18.9 Å². The molecule has 2 atom stereocenters. The molecule has 0 radical (unpaired) electrons. The lowest BCUT2D eigenvalue weighted by atomic mass is 9.90. The molecule has 2 rings (SSSR count). The summed E-state index contributed by atoms with van der Waals surface area (Å²) in [5.74, 6) is -0.706. The fraction of sp³-hybridized carbons (Fsp3) is 0.565. The first-order chi connectivity index (χ1) is 15.9. The first-order valence-electron chi connectivity index (χ1n) is 10.9. The number of nitrogens with zero attached hydrogens (tertiary/aromatic N) is 1. The molecule has 0 aliphatic rings. The number of nitrogens with two attached hydrogens (primary N) is 1. The highest BCUT2D eigenvalue weighted by Crippen LogP contribution is 2.34. The van der Waals surface area contributed by atoms with Crippen LogP contribution in [0.2, 0.25) is 0 Å². The summed E-state index contributed by atoms with van der Waals surface area (Å²) in [5, 5.41) is 22.6. The molecule has 0 amide bonds. The van der Waals surface area contributed by atoms with Gasteiger partial charge in [0.1, 0.15) is 12.0 Å². The van der Waals surface area contributed by atoms with Crippen LogP contribution in [0.15, 0.2) is 30.5 Å². The predicted molar refractivity (Wildman–Crippen MR) is 123 cm³/mol. The van der Waals surface area contributed by atoms with Crippen molar-refractivity contribution in [1.29, 1.82) is 0 Å². The summed E-state index contributed by atoms with van der Waals surface area (Å²) in [4.78, 5) is 0.